The van der Waals surface area contributed by atoms with Gasteiger partial charge < -0.3 is 10.1 Å². The zero-order valence-corrected chi connectivity index (χ0v) is 11.3. The van der Waals surface area contributed by atoms with Gasteiger partial charge >= 0.3 is 0 Å². The van der Waals surface area contributed by atoms with Gasteiger partial charge in [0.15, 0.2) is 16.7 Å². The van der Waals surface area contributed by atoms with Gasteiger partial charge in [0.05, 0.1) is 12.0 Å². The average Bonchev–Trinajstić information content (AvgIpc) is 2.45. The Labute approximate surface area is 119 Å². The molecule has 0 aliphatic rings. The highest BCUT2D eigenvalue weighted by atomic mass is 35.5. The third-order valence-corrected chi connectivity index (χ3v) is 2.87. The van der Waals surface area contributed by atoms with Gasteiger partial charge in [-0.1, -0.05) is 29.8 Å². The quantitative estimate of drug-likeness (QED) is 0.518. The molecule has 1 heterocycles. The van der Waals surface area contributed by atoms with E-state index in [1.165, 1.54) is 19.5 Å². The van der Waals surface area contributed by atoms with E-state index in [4.69, 9.17) is 16.3 Å². The molecule has 0 radical (unpaired) electrons. The van der Waals surface area contributed by atoms with Crippen LogP contribution in [0.3, 0.4) is 0 Å². The molecule has 0 fully saturated rings. The smallest absolute Gasteiger partial charge is 0.274 e. The van der Waals surface area contributed by atoms with Gasteiger partial charge in [0, 0.05) is 18.2 Å². The SMILES string of the molecule is COc1c(Cl)ncnc1NCc1ccccc1[N+](=O)[O-]. The molecular weight excluding hydrogens is 284 g/mol. The first-order valence-corrected chi connectivity index (χ1v) is 6.02. The second-order valence-electron chi connectivity index (χ2n) is 3.79. The first kappa shape index (κ1) is 14.0. The summed E-state index contributed by atoms with van der Waals surface area (Å²) in [4.78, 5) is 18.3. The van der Waals surface area contributed by atoms with Crippen molar-refractivity contribution in [2.45, 2.75) is 6.54 Å². The normalized spacial score (nSPS) is 10.1. The van der Waals surface area contributed by atoms with Crippen LogP contribution in [0, 0.1) is 10.1 Å². The molecule has 1 aromatic carbocycles. The largest absolute Gasteiger partial charge is 0.490 e. The number of nitro benzene ring substituents is 1. The molecule has 0 bridgehead atoms. The minimum Gasteiger partial charge on any atom is -0.490 e. The number of benzene rings is 1. The third kappa shape index (κ3) is 2.94. The highest BCUT2D eigenvalue weighted by Gasteiger charge is 2.14. The van der Waals surface area contributed by atoms with Crippen molar-refractivity contribution in [1.82, 2.24) is 9.97 Å². The van der Waals surface area contributed by atoms with Crippen LogP contribution < -0.4 is 10.1 Å². The van der Waals surface area contributed by atoms with E-state index >= 15 is 0 Å². The van der Waals surface area contributed by atoms with Crippen molar-refractivity contribution in [2.75, 3.05) is 12.4 Å². The summed E-state index contributed by atoms with van der Waals surface area (Å²) in [5.41, 5.74) is 0.577. The maximum atomic E-state index is 10.9. The lowest BCUT2D eigenvalue weighted by molar-refractivity contribution is -0.385. The fourth-order valence-electron chi connectivity index (χ4n) is 1.68. The lowest BCUT2D eigenvalue weighted by Crippen LogP contribution is -2.06. The van der Waals surface area contributed by atoms with Crippen LogP contribution in [0.1, 0.15) is 5.56 Å². The van der Waals surface area contributed by atoms with Crippen LogP contribution in [0.2, 0.25) is 5.15 Å². The fourth-order valence-corrected chi connectivity index (χ4v) is 1.89. The van der Waals surface area contributed by atoms with Crippen LogP contribution in [0.5, 0.6) is 5.75 Å². The Balaban J connectivity index is 2.22. The summed E-state index contributed by atoms with van der Waals surface area (Å²) < 4.78 is 5.09. The first-order valence-electron chi connectivity index (χ1n) is 5.64. The number of methoxy groups -OCH3 is 1. The number of aromatic nitrogens is 2. The Kier molecular flexibility index (Phi) is 4.31. The van der Waals surface area contributed by atoms with Crippen molar-refractivity contribution in [3.63, 3.8) is 0 Å². The number of ether oxygens (including phenoxy) is 1. The summed E-state index contributed by atoms with van der Waals surface area (Å²) in [6, 6.07) is 6.46. The van der Waals surface area contributed by atoms with Gasteiger partial charge in [-0.05, 0) is 0 Å². The summed E-state index contributed by atoms with van der Waals surface area (Å²) in [6.07, 6.45) is 1.28. The summed E-state index contributed by atoms with van der Waals surface area (Å²) in [7, 11) is 1.45. The fraction of sp³-hybridized carbons (Fsp3) is 0.167. The van der Waals surface area contributed by atoms with Crippen molar-refractivity contribution in [3.8, 4) is 5.75 Å². The molecule has 8 heteroatoms. The van der Waals surface area contributed by atoms with E-state index in [-0.39, 0.29) is 17.4 Å². The molecule has 0 saturated heterocycles. The molecule has 2 aromatic rings. The molecule has 1 aromatic heterocycles. The molecular formula is C12H11ClN4O3. The number of nitrogens with one attached hydrogen (secondary N) is 1. The molecule has 0 aliphatic heterocycles. The Bertz CT molecular complexity index is 636. The molecule has 7 nitrogen and oxygen atoms in total. The Hall–Kier alpha value is -2.41. The zero-order valence-electron chi connectivity index (χ0n) is 10.5. The standard InChI is InChI=1S/C12H11ClN4O3/c1-20-10-11(13)15-7-16-12(10)14-6-8-4-2-3-5-9(8)17(18)19/h2-5,7H,6H2,1H3,(H,14,15,16). The zero-order chi connectivity index (χ0) is 14.5. The van der Waals surface area contributed by atoms with Crippen molar-refractivity contribution < 1.29 is 9.66 Å². The second-order valence-corrected chi connectivity index (χ2v) is 4.14. The maximum absolute atomic E-state index is 10.9. The van der Waals surface area contributed by atoms with Crippen LogP contribution in [0.25, 0.3) is 0 Å². The monoisotopic (exact) mass is 294 g/mol. The van der Waals surface area contributed by atoms with E-state index in [2.05, 4.69) is 15.3 Å². The maximum Gasteiger partial charge on any atom is 0.274 e. The van der Waals surface area contributed by atoms with Gasteiger partial charge in [0.25, 0.3) is 5.69 Å². The minimum absolute atomic E-state index is 0.0409. The van der Waals surface area contributed by atoms with Crippen LogP contribution in [0.15, 0.2) is 30.6 Å². The van der Waals surface area contributed by atoms with Gasteiger partial charge in [0.2, 0.25) is 0 Å². The average molecular weight is 295 g/mol. The predicted molar refractivity (Wildman–Crippen MR) is 74.0 cm³/mol. The molecule has 0 saturated carbocycles. The number of halogens is 1. The Morgan fingerprint density at radius 2 is 2.15 bits per heavy atom. The van der Waals surface area contributed by atoms with E-state index in [1.807, 2.05) is 0 Å². The third-order valence-electron chi connectivity index (χ3n) is 2.60. The van der Waals surface area contributed by atoms with Crippen molar-refractivity contribution >= 4 is 23.1 Å². The number of rotatable bonds is 5. The van der Waals surface area contributed by atoms with Gasteiger partial charge in [0.1, 0.15) is 6.33 Å². The summed E-state index contributed by atoms with van der Waals surface area (Å²) in [6.45, 7) is 0.223. The molecule has 20 heavy (non-hydrogen) atoms. The van der Waals surface area contributed by atoms with E-state index in [0.29, 0.717) is 17.1 Å². The highest BCUT2D eigenvalue weighted by Crippen LogP contribution is 2.29. The Morgan fingerprint density at radius 1 is 1.40 bits per heavy atom. The number of nitro groups is 1. The number of hydrogen-bond acceptors (Lipinski definition) is 6. The van der Waals surface area contributed by atoms with Crippen molar-refractivity contribution in [2.24, 2.45) is 0 Å². The van der Waals surface area contributed by atoms with E-state index in [0.717, 1.165) is 0 Å². The number of nitrogens with zero attached hydrogens (tertiary/aromatic N) is 3. The van der Waals surface area contributed by atoms with Crippen molar-refractivity contribution in [1.29, 1.82) is 0 Å². The predicted octanol–water partition coefficient (Wildman–Crippen LogP) is 2.66. The summed E-state index contributed by atoms with van der Waals surface area (Å²) in [5, 5.41) is 14.0. The van der Waals surface area contributed by atoms with Crippen LogP contribution in [-0.2, 0) is 6.54 Å². The molecule has 0 spiro atoms. The molecule has 0 atom stereocenters. The number of anilines is 1. The van der Waals surface area contributed by atoms with Crippen LogP contribution in [-0.4, -0.2) is 22.0 Å². The minimum atomic E-state index is -0.429. The first-order chi connectivity index (χ1) is 9.63. The molecule has 104 valence electrons. The number of hydrogen-bond donors (Lipinski definition) is 1. The number of para-hydroxylation sites is 1. The van der Waals surface area contributed by atoms with E-state index < -0.39 is 4.92 Å². The topological polar surface area (TPSA) is 90.2 Å². The molecule has 1 N–H and O–H groups in total. The van der Waals surface area contributed by atoms with E-state index in [9.17, 15) is 10.1 Å². The molecule has 0 unspecified atom stereocenters. The summed E-state index contributed by atoms with van der Waals surface area (Å²) in [5.74, 6) is 0.679. The van der Waals surface area contributed by atoms with E-state index in [1.54, 1.807) is 18.2 Å². The summed E-state index contributed by atoms with van der Waals surface area (Å²) >= 11 is 5.87. The van der Waals surface area contributed by atoms with Gasteiger partial charge in [-0.3, -0.25) is 10.1 Å². The molecule has 2 rings (SSSR count). The van der Waals surface area contributed by atoms with Gasteiger partial charge in [-0.2, -0.15) is 0 Å². The molecule has 0 amide bonds. The molecule has 0 aliphatic carbocycles. The van der Waals surface area contributed by atoms with Gasteiger partial charge in [-0.15, -0.1) is 0 Å². The van der Waals surface area contributed by atoms with Crippen LogP contribution >= 0.6 is 11.6 Å². The Morgan fingerprint density at radius 3 is 2.85 bits per heavy atom. The lowest BCUT2D eigenvalue weighted by Gasteiger charge is -2.10. The van der Waals surface area contributed by atoms with Crippen molar-refractivity contribution in [3.05, 3.63) is 51.4 Å². The second kappa shape index (κ2) is 6.16. The van der Waals surface area contributed by atoms with Crippen LogP contribution in [0.4, 0.5) is 11.5 Å². The highest BCUT2D eigenvalue weighted by molar-refractivity contribution is 6.31. The lowest BCUT2D eigenvalue weighted by atomic mass is 10.2. The van der Waals surface area contributed by atoms with Gasteiger partial charge in [-0.25, -0.2) is 9.97 Å².